The Morgan fingerprint density at radius 3 is 2.72 bits per heavy atom. The lowest BCUT2D eigenvalue weighted by atomic mass is 10.3. The van der Waals surface area contributed by atoms with Crippen molar-refractivity contribution in [1.82, 2.24) is 4.98 Å². The van der Waals surface area contributed by atoms with E-state index in [1.807, 2.05) is 25.1 Å². The summed E-state index contributed by atoms with van der Waals surface area (Å²) >= 11 is 5.62. The first kappa shape index (κ1) is 12.6. The van der Waals surface area contributed by atoms with Gasteiger partial charge >= 0.3 is 0 Å². The number of nitrogens with zero attached hydrogens (tertiary/aromatic N) is 1. The third-order valence-corrected chi connectivity index (χ3v) is 2.61. The predicted molar refractivity (Wildman–Crippen MR) is 73.1 cm³/mol. The molecule has 2 N–H and O–H groups in total. The minimum Gasteiger partial charge on any atom is -0.370 e. The number of pyridine rings is 1. The molecule has 2 rings (SSSR count). The molecule has 1 heterocycles. The first-order valence-electron chi connectivity index (χ1n) is 5.62. The number of halogens is 2. The molecule has 0 fully saturated rings. The fourth-order valence-corrected chi connectivity index (χ4v) is 1.62. The molecule has 0 bridgehead atoms. The van der Waals surface area contributed by atoms with Gasteiger partial charge in [0.05, 0.1) is 5.02 Å². The SMILES string of the molecule is CCNc1cccc(Nc2ccc(Cl)c(F)c2)n1. The van der Waals surface area contributed by atoms with Crippen molar-refractivity contribution in [1.29, 1.82) is 0 Å². The Morgan fingerprint density at radius 2 is 2.00 bits per heavy atom. The highest BCUT2D eigenvalue weighted by Crippen LogP contribution is 2.21. The largest absolute Gasteiger partial charge is 0.370 e. The summed E-state index contributed by atoms with van der Waals surface area (Å²) in [5, 5.41) is 6.24. The Bertz CT molecular complexity index is 546. The van der Waals surface area contributed by atoms with Crippen molar-refractivity contribution in [3.8, 4) is 0 Å². The minimum atomic E-state index is -0.454. The zero-order valence-corrected chi connectivity index (χ0v) is 10.6. The lowest BCUT2D eigenvalue weighted by Gasteiger charge is -2.08. The fourth-order valence-electron chi connectivity index (χ4n) is 1.51. The second kappa shape index (κ2) is 5.69. The van der Waals surface area contributed by atoms with Crippen LogP contribution < -0.4 is 10.6 Å². The van der Waals surface area contributed by atoms with Crippen LogP contribution in [0.2, 0.25) is 5.02 Å². The first-order chi connectivity index (χ1) is 8.69. The van der Waals surface area contributed by atoms with Crippen molar-refractivity contribution < 1.29 is 4.39 Å². The van der Waals surface area contributed by atoms with Gasteiger partial charge < -0.3 is 10.6 Å². The number of hydrogen-bond acceptors (Lipinski definition) is 3. The van der Waals surface area contributed by atoms with Crippen LogP contribution in [0.4, 0.5) is 21.7 Å². The van der Waals surface area contributed by atoms with Gasteiger partial charge in [-0.05, 0) is 37.3 Å². The van der Waals surface area contributed by atoms with Gasteiger partial charge in [-0.1, -0.05) is 17.7 Å². The predicted octanol–water partition coefficient (Wildman–Crippen LogP) is 4.05. The summed E-state index contributed by atoms with van der Waals surface area (Å²) < 4.78 is 13.3. The Labute approximate surface area is 110 Å². The smallest absolute Gasteiger partial charge is 0.143 e. The third-order valence-electron chi connectivity index (χ3n) is 2.30. The summed E-state index contributed by atoms with van der Waals surface area (Å²) in [7, 11) is 0. The van der Waals surface area contributed by atoms with E-state index in [0.717, 1.165) is 12.4 Å². The van der Waals surface area contributed by atoms with Gasteiger partial charge in [0.2, 0.25) is 0 Å². The lowest BCUT2D eigenvalue weighted by Crippen LogP contribution is -2.01. The summed E-state index contributed by atoms with van der Waals surface area (Å²) in [6.07, 6.45) is 0. The summed E-state index contributed by atoms with van der Waals surface area (Å²) in [6, 6.07) is 10.1. The second-order valence-electron chi connectivity index (χ2n) is 3.69. The van der Waals surface area contributed by atoms with Crippen LogP contribution in [-0.2, 0) is 0 Å². The van der Waals surface area contributed by atoms with E-state index in [1.165, 1.54) is 12.1 Å². The average molecular weight is 266 g/mol. The van der Waals surface area contributed by atoms with Crippen molar-refractivity contribution in [2.45, 2.75) is 6.92 Å². The Morgan fingerprint density at radius 1 is 1.22 bits per heavy atom. The molecule has 0 saturated carbocycles. The van der Waals surface area contributed by atoms with Crippen LogP contribution in [0.25, 0.3) is 0 Å². The number of benzene rings is 1. The number of anilines is 3. The van der Waals surface area contributed by atoms with Crippen LogP contribution in [0.1, 0.15) is 6.92 Å². The maximum atomic E-state index is 13.3. The maximum absolute atomic E-state index is 13.3. The zero-order chi connectivity index (χ0) is 13.0. The second-order valence-corrected chi connectivity index (χ2v) is 4.10. The topological polar surface area (TPSA) is 37.0 Å². The first-order valence-corrected chi connectivity index (χ1v) is 6.00. The summed E-state index contributed by atoms with van der Waals surface area (Å²) in [6.45, 7) is 2.79. The van der Waals surface area contributed by atoms with Gasteiger partial charge in [0.25, 0.3) is 0 Å². The molecule has 0 atom stereocenters. The molecule has 0 unspecified atom stereocenters. The molecular formula is C13H13ClFN3. The highest BCUT2D eigenvalue weighted by molar-refractivity contribution is 6.30. The van der Waals surface area contributed by atoms with Crippen LogP contribution >= 0.6 is 11.6 Å². The number of aromatic nitrogens is 1. The number of nitrogens with one attached hydrogen (secondary N) is 2. The van der Waals surface area contributed by atoms with Crippen molar-refractivity contribution in [3.05, 3.63) is 47.2 Å². The average Bonchev–Trinajstić information content (AvgIpc) is 2.35. The third kappa shape index (κ3) is 3.11. The highest BCUT2D eigenvalue weighted by Gasteiger charge is 2.02. The van der Waals surface area contributed by atoms with E-state index >= 15 is 0 Å². The van der Waals surface area contributed by atoms with E-state index in [4.69, 9.17) is 11.6 Å². The van der Waals surface area contributed by atoms with Crippen LogP contribution in [0, 0.1) is 5.82 Å². The molecule has 1 aromatic carbocycles. The van der Waals surface area contributed by atoms with Crippen molar-refractivity contribution in [3.63, 3.8) is 0 Å². The zero-order valence-electron chi connectivity index (χ0n) is 9.87. The molecule has 0 amide bonds. The molecule has 5 heteroatoms. The molecule has 18 heavy (non-hydrogen) atoms. The molecule has 0 radical (unpaired) electrons. The number of rotatable bonds is 4. The van der Waals surface area contributed by atoms with Crippen molar-refractivity contribution in [2.75, 3.05) is 17.2 Å². The monoisotopic (exact) mass is 265 g/mol. The Kier molecular flexibility index (Phi) is 3.99. The van der Waals surface area contributed by atoms with E-state index in [0.29, 0.717) is 11.5 Å². The molecule has 0 aliphatic carbocycles. The van der Waals surface area contributed by atoms with Crippen LogP contribution in [0.3, 0.4) is 0 Å². The fraction of sp³-hybridized carbons (Fsp3) is 0.154. The van der Waals surface area contributed by atoms with Gasteiger partial charge in [-0.25, -0.2) is 9.37 Å². The van der Waals surface area contributed by atoms with Gasteiger partial charge in [0, 0.05) is 12.2 Å². The van der Waals surface area contributed by atoms with Crippen molar-refractivity contribution >= 4 is 28.9 Å². The van der Waals surface area contributed by atoms with Gasteiger partial charge in [-0.2, -0.15) is 0 Å². The summed E-state index contributed by atoms with van der Waals surface area (Å²) in [5.41, 5.74) is 0.609. The summed E-state index contributed by atoms with van der Waals surface area (Å²) in [5.74, 6) is 0.969. The number of hydrogen-bond donors (Lipinski definition) is 2. The Hall–Kier alpha value is -1.81. The molecule has 0 saturated heterocycles. The van der Waals surface area contributed by atoms with E-state index in [-0.39, 0.29) is 5.02 Å². The maximum Gasteiger partial charge on any atom is 0.143 e. The quantitative estimate of drug-likeness (QED) is 0.876. The summed E-state index contributed by atoms with van der Waals surface area (Å²) in [4.78, 5) is 4.33. The van der Waals surface area contributed by atoms with Gasteiger partial charge in [-0.15, -0.1) is 0 Å². The molecule has 94 valence electrons. The molecule has 3 nitrogen and oxygen atoms in total. The molecule has 0 aliphatic heterocycles. The van der Waals surface area contributed by atoms with E-state index in [1.54, 1.807) is 6.07 Å². The minimum absolute atomic E-state index is 0.106. The van der Waals surface area contributed by atoms with Crippen LogP contribution in [0.5, 0.6) is 0 Å². The van der Waals surface area contributed by atoms with E-state index < -0.39 is 5.82 Å². The van der Waals surface area contributed by atoms with Gasteiger partial charge in [-0.3, -0.25) is 0 Å². The van der Waals surface area contributed by atoms with Gasteiger partial charge in [0.15, 0.2) is 0 Å². The molecule has 1 aromatic heterocycles. The van der Waals surface area contributed by atoms with Crippen LogP contribution in [-0.4, -0.2) is 11.5 Å². The molecule has 0 aliphatic rings. The van der Waals surface area contributed by atoms with Crippen molar-refractivity contribution in [2.24, 2.45) is 0 Å². The van der Waals surface area contributed by atoms with Gasteiger partial charge in [0.1, 0.15) is 17.5 Å². The molecule has 0 spiro atoms. The lowest BCUT2D eigenvalue weighted by molar-refractivity contribution is 0.629. The molecular weight excluding hydrogens is 253 g/mol. The van der Waals surface area contributed by atoms with E-state index in [2.05, 4.69) is 15.6 Å². The molecule has 2 aromatic rings. The normalized spacial score (nSPS) is 10.2. The Balaban J connectivity index is 2.17. The highest BCUT2D eigenvalue weighted by atomic mass is 35.5. The van der Waals surface area contributed by atoms with Crippen LogP contribution in [0.15, 0.2) is 36.4 Å². The van der Waals surface area contributed by atoms with E-state index in [9.17, 15) is 4.39 Å². The standard InChI is InChI=1S/C13H13ClFN3/c1-2-16-12-4-3-5-13(18-12)17-9-6-7-10(14)11(15)8-9/h3-8H,2H2,1H3,(H2,16,17,18).